The van der Waals surface area contributed by atoms with Crippen molar-refractivity contribution < 1.29 is 41.0 Å². The van der Waals surface area contributed by atoms with Gasteiger partial charge in [-0.1, -0.05) is 18.2 Å². The Kier molecular flexibility index (Phi) is 12.5. The van der Waals surface area contributed by atoms with Crippen LogP contribution in [0.15, 0.2) is 71.9 Å². The van der Waals surface area contributed by atoms with E-state index in [-0.39, 0.29) is 66.2 Å². The molecule has 4 aromatic rings. The standard InChI is InChI=1S/C37H44F2N4O7S2/c1-37(2,3)50-36(45)41-31(35(44)42-16-12-27(13-17-42)52(46,47)26-9-7-6-8-10-26)23-25-21-29(38)33(30(39)22-25)49-32-11-15-40-34-28(32)14-18-43(34)24-48-19-20-51(4)5/h6-11,14-15,18,21-22,27,31H,12-13,16-17,19-20,23-24H2,1-5H3/p+1/t31-/m0/s1. The number of benzene rings is 2. The van der Waals surface area contributed by atoms with Gasteiger partial charge in [-0.2, -0.15) is 0 Å². The molecule has 0 unspecified atom stereocenters. The van der Waals surface area contributed by atoms with Crippen molar-refractivity contribution in [2.75, 3.05) is 38.0 Å². The van der Waals surface area contributed by atoms with Crippen LogP contribution in [0.4, 0.5) is 13.6 Å². The molecule has 1 aliphatic rings. The Morgan fingerprint density at radius 1 is 1.04 bits per heavy atom. The van der Waals surface area contributed by atoms with E-state index in [1.807, 2.05) is 0 Å². The number of ether oxygens (including phenoxy) is 3. The number of piperidine rings is 1. The Morgan fingerprint density at radius 3 is 2.35 bits per heavy atom. The first-order valence-corrected chi connectivity index (χ1v) is 20.7. The first kappa shape index (κ1) is 39.0. The largest absolute Gasteiger partial charge is 0.450 e. The number of pyridine rings is 1. The summed E-state index contributed by atoms with van der Waals surface area (Å²) in [6, 6.07) is 12.2. The van der Waals surface area contributed by atoms with Crippen LogP contribution in [0.1, 0.15) is 39.2 Å². The molecule has 3 heterocycles. The van der Waals surface area contributed by atoms with Gasteiger partial charge in [-0.3, -0.25) is 4.79 Å². The zero-order valence-electron chi connectivity index (χ0n) is 29.9. The Hall–Kier alpha value is -4.21. The third kappa shape index (κ3) is 9.81. The normalized spacial score (nSPS) is 14.8. The lowest BCUT2D eigenvalue weighted by atomic mass is 10.0. The zero-order valence-corrected chi connectivity index (χ0v) is 31.6. The number of hydrogen-bond donors (Lipinski definition) is 1. The van der Waals surface area contributed by atoms with Crippen molar-refractivity contribution in [1.82, 2.24) is 19.8 Å². The van der Waals surface area contributed by atoms with Gasteiger partial charge in [0.15, 0.2) is 27.2 Å². The number of carbonyl (C=O) groups is 2. The van der Waals surface area contributed by atoms with Crippen molar-refractivity contribution in [3.05, 3.63) is 84.2 Å². The predicted molar refractivity (Wildman–Crippen MR) is 196 cm³/mol. The summed E-state index contributed by atoms with van der Waals surface area (Å²) in [6.45, 7) is 6.08. The van der Waals surface area contributed by atoms with Gasteiger partial charge in [0.05, 0.1) is 34.7 Å². The van der Waals surface area contributed by atoms with Crippen LogP contribution < -0.4 is 10.1 Å². The van der Waals surface area contributed by atoms with Crippen LogP contribution in [-0.4, -0.2) is 89.7 Å². The van der Waals surface area contributed by atoms with Crippen molar-refractivity contribution in [3.8, 4) is 11.5 Å². The van der Waals surface area contributed by atoms with Crippen LogP contribution in [0, 0.1) is 11.6 Å². The summed E-state index contributed by atoms with van der Waals surface area (Å²) < 4.78 is 76.2. The number of sulfone groups is 1. The number of nitrogens with zero attached hydrogens (tertiary/aromatic N) is 3. The predicted octanol–water partition coefficient (Wildman–Crippen LogP) is 5.86. The molecular weight excluding hydrogens is 715 g/mol. The number of amides is 2. The monoisotopic (exact) mass is 759 g/mol. The molecule has 11 nitrogen and oxygen atoms in total. The van der Waals surface area contributed by atoms with Crippen molar-refractivity contribution in [3.63, 3.8) is 0 Å². The second-order valence-corrected chi connectivity index (χ2v) is 18.4. The van der Waals surface area contributed by atoms with Gasteiger partial charge in [-0.25, -0.2) is 27.0 Å². The summed E-state index contributed by atoms with van der Waals surface area (Å²) in [7, 11) is -3.36. The first-order valence-electron chi connectivity index (χ1n) is 16.9. The van der Waals surface area contributed by atoms with Gasteiger partial charge < -0.3 is 29.0 Å². The lowest BCUT2D eigenvalue weighted by molar-refractivity contribution is -0.134. The number of nitrogens with one attached hydrogen (secondary N) is 1. The van der Waals surface area contributed by atoms with Crippen LogP contribution in [0.2, 0.25) is 0 Å². The van der Waals surface area contributed by atoms with E-state index in [0.29, 0.717) is 17.6 Å². The molecule has 1 N–H and O–H groups in total. The highest BCUT2D eigenvalue weighted by Gasteiger charge is 2.36. The Balaban J connectivity index is 1.31. The number of rotatable bonds is 13. The second kappa shape index (κ2) is 16.6. The Bertz CT molecular complexity index is 1950. The highest BCUT2D eigenvalue weighted by molar-refractivity contribution is 7.95. The van der Waals surface area contributed by atoms with E-state index in [9.17, 15) is 18.0 Å². The van der Waals surface area contributed by atoms with E-state index < -0.39 is 56.1 Å². The molecule has 2 aromatic carbocycles. The van der Waals surface area contributed by atoms with Gasteiger partial charge in [0.1, 0.15) is 35.5 Å². The second-order valence-electron chi connectivity index (χ2n) is 13.8. The number of aromatic nitrogens is 2. The van der Waals surface area contributed by atoms with E-state index in [0.717, 1.165) is 17.9 Å². The number of fused-ring (bicyclic) bond motifs is 1. The quantitative estimate of drug-likeness (QED) is 0.133. The van der Waals surface area contributed by atoms with E-state index in [1.54, 1.807) is 67.9 Å². The van der Waals surface area contributed by atoms with Crippen LogP contribution in [0.3, 0.4) is 0 Å². The van der Waals surface area contributed by atoms with E-state index in [1.165, 1.54) is 17.2 Å². The third-order valence-electron chi connectivity index (χ3n) is 8.45. The summed E-state index contributed by atoms with van der Waals surface area (Å²) in [5, 5.41) is 2.41. The zero-order chi connectivity index (χ0) is 37.6. The maximum Gasteiger partial charge on any atom is 0.408 e. The Labute approximate surface area is 305 Å². The minimum Gasteiger partial charge on any atom is -0.450 e. The van der Waals surface area contributed by atoms with Gasteiger partial charge in [0, 0.05) is 31.9 Å². The lowest BCUT2D eigenvalue weighted by Gasteiger charge is -2.34. The smallest absolute Gasteiger partial charge is 0.408 e. The van der Waals surface area contributed by atoms with Crippen LogP contribution in [0.25, 0.3) is 11.0 Å². The molecule has 1 saturated heterocycles. The highest BCUT2D eigenvalue weighted by atomic mass is 32.2. The number of likely N-dealkylation sites (tertiary alicyclic amines) is 1. The average molecular weight is 760 g/mol. The van der Waals surface area contributed by atoms with Crippen molar-refractivity contribution in [1.29, 1.82) is 0 Å². The van der Waals surface area contributed by atoms with E-state index in [4.69, 9.17) is 14.2 Å². The van der Waals surface area contributed by atoms with Crippen molar-refractivity contribution in [2.24, 2.45) is 0 Å². The molecule has 1 atom stereocenters. The van der Waals surface area contributed by atoms with Gasteiger partial charge >= 0.3 is 6.09 Å². The van der Waals surface area contributed by atoms with Crippen LogP contribution in [-0.2, 0) is 48.2 Å². The van der Waals surface area contributed by atoms with Crippen LogP contribution in [0.5, 0.6) is 11.5 Å². The summed E-state index contributed by atoms with van der Waals surface area (Å²) >= 11 is 0. The molecule has 1 aliphatic heterocycles. The molecular formula is C37H45F2N4O7S2+. The average Bonchev–Trinajstić information content (AvgIpc) is 3.51. The van der Waals surface area contributed by atoms with Crippen LogP contribution >= 0.6 is 0 Å². The number of halogens is 2. The molecule has 0 spiro atoms. The van der Waals surface area contributed by atoms with Gasteiger partial charge in [-0.15, -0.1) is 0 Å². The van der Waals surface area contributed by atoms with Gasteiger partial charge in [0.25, 0.3) is 0 Å². The van der Waals surface area contributed by atoms with Crippen molar-refractivity contribution >= 4 is 43.8 Å². The Morgan fingerprint density at radius 2 is 1.71 bits per heavy atom. The summed E-state index contributed by atoms with van der Waals surface area (Å²) in [5.41, 5.74) is -0.263. The summed E-state index contributed by atoms with van der Waals surface area (Å²) in [5.74, 6) is -2.06. The number of carbonyl (C=O) groups excluding carboxylic acids is 2. The molecule has 5 rings (SSSR count). The summed E-state index contributed by atoms with van der Waals surface area (Å²) in [6.07, 6.45) is 6.74. The fraction of sp³-hybridized carbons (Fsp3) is 0.432. The number of hydrogen-bond acceptors (Lipinski definition) is 8. The molecule has 15 heteroatoms. The molecule has 0 radical (unpaired) electrons. The first-order chi connectivity index (χ1) is 24.6. The third-order valence-corrected chi connectivity index (χ3v) is 11.7. The maximum atomic E-state index is 15.6. The fourth-order valence-electron chi connectivity index (χ4n) is 5.88. The lowest BCUT2D eigenvalue weighted by Crippen LogP contribution is -2.53. The molecule has 0 bridgehead atoms. The molecule has 0 saturated carbocycles. The highest BCUT2D eigenvalue weighted by Crippen LogP contribution is 2.34. The van der Waals surface area contributed by atoms with E-state index >= 15 is 8.78 Å². The fourth-order valence-corrected chi connectivity index (χ4v) is 8.08. The molecule has 280 valence electrons. The van der Waals surface area contributed by atoms with Gasteiger partial charge in [0.2, 0.25) is 5.91 Å². The molecule has 0 aliphatic carbocycles. The van der Waals surface area contributed by atoms with E-state index in [2.05, 4.69) is 22.8 Å². The molecule has 52 heavy (non-hydrogen) atoms. The van der Waals surface area contributed by atoms with Crippen molar-refractivity contribution in [2.45, 2.75) is 68.6 Å². The molecule has 2 amide bonds. The summed E-state index contributed by atoms with van der Waals surface area (Å²) in [4.78, 5) is 32.7. The maximum absolute atomic E-state index is 15.6. The molecule has 1 fully saturated rings. The SMILES string of the molecule is C[S+](C)CCOCn1ccc2c(Oc3c(F)cc(C[C@H](NC(=O)OC(C)(C)C)C(=O)N4CCC(S(=O)(=O)c5ccccc5)CC4)cc3F)ccnc21. The van der Waals surface area contributed by atoms with Gasteiger partial charge in [-0.05, 0) is 86.5 Å². The topological polar surface area (TPSA) is 129 Å². The minimum absolute atomic E-state index is 0.0866. The minimum atomic E-state index is -3.61. The molecule has 2 aromatic heterocycles. The number of alkyl carbamates (subject to hydrolysis) is 1.